The molecule has 0 saturated heterocycles. The van der Waals surface area contributed by atoms with Crippen LogP contribution in [0.15, 0.2) is 53.5 Å². The SMILES string of the molecule is CN(C)c1ccc(CCNC2CCc3[nH]n(-c4ccccn4)c(=O)c3C2)cc1. The minimum atomic E-state index is 0.0273. The van der Waals surface area contributed by atoms with Gasteiger partial charge in [0.25, 0.3) is 5.56 Å². The lowest BCUT2D eigenvalue weighted by Gasteiger charge is -2.22. The number of nitrogens with zero attached hydrogens (tertiary/aromatic N) is 3. The molecule has 2 aromatic heterocycles. The Balaban J connectivity index is 1.37. The molecule has 1 aliphatic rings. The van der Waals surface area contributed by atoms with E-state index in [2.05, 4.69) is 58.7 Å². The van der Waals surface area contributed by atoms with Crippen molar-refractivity contribution in [3.05, 3.63) is 75.8 Å². The maximum absolute atomic E-state index is 12.8. The zero-order valence-corrected chi connectivity index (χ0v) is 16.5. The van der Waals surface area contributed by atoms with E-state index >= 15 is 0 Å². The number of aromatic nitrogens is 3. The monoisotopic (exact) mass is 377 g/mol. The van der Waals surface area contributed by atoms with Crippen LogP contribution in [0.5, 0.6) is 0 Å². The summed E-state index contributed by atoms with van der Waals surface area (Å²) in [5, 5.41) is 6.88. The van der Waals surface area contributed by atoms with E-state index in [1.165, 1.54) is 11.3 Å². The standard InChI is InChI=1S/C22H27N5O/c1-26(2)18-9-6-16(7-10-18)12-14-23-17-8-11-20-19(15-17)22(28)27(25-20)21-5-3-4-13-24-21/h3-7,9-10,13,17,23,25H,8,11-12,14-15H2,1-2H3. The summed E-state index contributed by atoms with van der Waals surface area (Å²) in [6.45, 7) is 0.917. The minimum Gasteiger partial charge on any atom is -0.378 e. The predicted octanol–water partition coefficient (Wildman–Crippen LogP) is 2.32. The first kappa shape index (κ1) is 18.5. The minimum absolute atomic E-state index is 0.0273. The van der Waals surface area contributed by atoms with Crippen LogP contribution < -0.4 is 15.8 Å². The molecule has 6 heteroatoms. The lowest BCUT2D eigenvalue weighted by molar-refractivity contribution is 0.458. The maximum atomic E-state index is 12.8. The van der Waals surface area contributed by atoms with E-state index in [9.17, 15) is 4.79 Å². The quantitative estimate of drug-likeness (QED) is 0.692. The molecular formula is C22H27N5O. The Hall–Kier alpha value is -2.86. The van der Waals surface area contributed by atoms with Gasteiger partial charge in [0.05, 0.1) is 0 Å². The van der Waals surface area contributed by atoms with Crippen molar-refractivity contribution in [1.29, 1.82) is 0 Å². The predicted molar refractivity (Wildman–Crippen MR) is 112 cm³/mol. The molecule has 4 rings (SSSR count). The van der Waals surface area contributed by atoms with E-state index in [-0.39, 0.29) is 5.56 Å². The Labute approximate surface area is 165 Å². The molecule has 146 valence electrons. The topological polar surface area (TPSA) is 65.9 Å². The molecule has 0 saturated carbocycles. The molecule has 1 aromatic carbocycles. The molecule has 2 N–H and O–H groups in total. The summed E-state index contributed by atoms with van der Waals surface area (Å²) in [7, 11) is 4.10. The Morgan fingerprint density at radius 2 is 2.04 bits per heavy atom. The summed E-state index contributed by atoms with van der Waals surface area (Å²) >= 11 is 0. The van der Waals surface area contributed by atoms with Gasteiger partial charge in [0, 0.05) is 43.3 Å². The number of H-pyrrole nitrogens is 1. The summed E-state index contributed by atoms with van der Waals surface area (Å²) in [5.74, 6) is 0.646. The van der Waals surface area contributed by atoms with Crippen LogP contribution in [0.1, 0.15) is 23.2 Å². The van der Waals surface area contributed by atoms with E-state index < -0.39 is 0 Å². The first-order valence-corrected chi connectivity index (χ1v) is 9.85. The Morgan fingerprint density at radius 3 is 2.75 bits per heavy atom. The number of pyridine rings is 1. The fraction of sp³-hybridized carbons (Fsp3) is 0.364. The summed E-state index contributed by atoms with van der Waals surface area (Å²) in [6.07, 6.45) is 5.39. The Morgan fingerprint density at radius 1 is 1.21 bits per heavy atom. The zero-order valence-electron chi connectivity index (χ0n) is 16.5. The van der Waals surface area contributed by atoms with Crippen molar-refractivity contribution in [2.24, 2.45) is 0 Å². The second-order valence-corrected chi connectivity index (χ2v) is 7.60. The van der Waals surface area contributed by atoms with Gasteiger partial charge in [-0.1, -0.05) is 18.2 Å². The van der Waals surface area contributed by atoms with Gasteiger partial charge in [-0.3, -0.25) is 9.89 Å². The van der Waals surface area contributed by atoms with E-state index in [1.807, 2.05) is 18.2 Å². The normalized spacial score (nSPS) is 16.0. The highest BCUT2D eigenvalue weighted by Crippen LogP contribution is 2.18. The van der Waals surface area contributed by atoms with Gasteiger partial charge in [0.15, 0.2) is 5.82 Å². The first-order chi connectivity index (χ1) is 13.6. The highest BCUT2D eigenvalue weighted by atomic mass is 16.1. The van der Waals surface area contributed by atoms with Gasteiger partial charge in [-0.2, -0.15) is 0 Å². The van der Waals surface area contributed by atoms with Crippen molar-refractivity contribution < 1.29 is 0 Å². The number of aryl methyl sites for hydroxylation is 1. The van der Waals surface area contributed by atoms with Gasteiger partial charge in [0.1, 0.15) is 0 Å². The smallest absolute Gasteiger partial charge is 0.276 e. The molecule has 0 radical (unpaired) electrons. The lowest BCUT2D eigenvalue weighted by Crippen LogP contribution is -2.37. The average Bonchev–Trinajstić information content (AvgIpc) is 3.05. The second-order valence-electron chi connectivity index (χ2n) is 7.60. The number of aromatic amines is 1. The summed E-state index contributed by atoms with van der Waals surface area (Å²) in [6, 6.07) is 14.6. The highest BCUT2D eigenvalue weighted by molar-refractivity contribution is 5.46. The number of benzene rings is 1. The highest BCUT2D eigenvalue weighted by Gasteiger charge is 2.24. The summed E-state index contributed by atoms with van der Waals surface area (Å²) < 4.78 is 1.57. The van der Waals surface area contributed by atoms with Crippen molar-refractivity contribution in [3.63, 3.8) is 0 Å². The van der Waals surface area contributed by atoms with Crippen molar-refractivity contribution in [1.82, 2.24) is 20.1 Å². The molecule has 1 unspecified atom stereocenters. The van der Waals surface area contributed by atoms with Gasteiger partial charge in [-0.05, 0) is 62.1 Å². The Kier molecular flexibility index (Phi) is 5.30. The van der Waals surface area contributed by atoms with Crippen molar-refractivity contribution in [3.8, 4) is 5.82 Å². The largest absolute Gasteiger partial charge is 0.378 e. The molecule has 28 heavy (non-hydrogen) atoms. The van der Waals surface area contributed by atoms with E-state index in [1.54, 1.807) is 10.9 Å². The number of hydrogen-bond donors (Lipinski definition) is 2. The summed E-state index contributed by atoms with van der Waals surface area (Å²) in [4.78, 5) is 19.2. The molecule has 0 fully saturated rings. The third-order valence-corrected chi connectivity index (χ3v) is 5.44. The molecule has 0 amide bonds. The van der Waals surface area contributed by atoms with Crippen LogP contribution in [0.2, 0.25) is 0 Å². The third-order valence-electron chi connectivity index (χ3n) is 5.44. The summed E-state index contributed by atoms with van der Waals surface area (Å²) in [5.41, 5.74) is 4.51. The van der Waals surface area contributed by atoms with Crippen LogP contribution in [-0.4, -0.2) is 41.4 Å². The molecule has 1 aliphatic carbocycles. The number of rotatable bonds is 6. The van der Waals surface area contributed by atoms with Crippen molar-refractivity contribution >= 4 is 5.69 Å². The van der Waals surface area contributed by atoms with Crippen molar-refractivity contribution in [2.45, 2.75) is 31.7 Å². The molecule has 3 aromatic rings. The number of anilines is 1. The molecule has 1 atom stereocenters. The second kappa shape index (κ2) is 8.02. The number of hydrogen-bond acceptors (Lipinski definition) is 4. The number of fused-ring (bicyclic) bond motifs is 1. The fourth-order valence-corrected chi connectivity index (χ4v) is 3.80. The van der Waals surface area contributed by atoms with Crippen LogP contribution in [-0.2, 0) is 19.3 Å². The Bertz CT molecular complexity index is 972. The van der Waals surface area contributed by atoms with Gasteiger partial charge in [-0.25, -0.2) is 9.67 Å². The van der Waals surface area contributed by atoms with E-state index in [0.29, 0.717) is 11.9 Å². The van der Waals surface area contributed by atoms with Crippen LogP contribution in [0, 0.1) is 0 Å². The molecule has 0 bridgehead atoms. The van der Waals surface area contributed by atoms with E-state index in [4.69, 9.17) is 0 Å². The third kappa shape index (κ3) is 3.87. The number of nitrogens with one attached hydrogen (secondary N) is 2. The molecule has 0 aliphatic heterocycles. The fourth-order valence-electron chi connectivity index (χ4n) is 3.80. The van der Waals surface area contributed by atoms with Crippen LogP contribution in [0.4, 0.5) is 5.69 Å². The lowest BCUT2D eigenvalue weighted by atomic mass is 9.93. The van der Waals surface area contributed by atoms with Crippen LogP contribution in [0.25, 0.3) is 5.82 Å². The van der Waals surface area contributed by atoms with Crippen LogP contribution >= 0.6 is 0 Å². The van der Waals surface area contributed by atoms with Gasteiger partial charge in [0.2, 0.25) is 0 Å². The molecule has 2 heterocycles. The first-order valence-electron chi connectivity index (χ1n) is 9.85. The van der Waals surface area contributed by atoms with E-state index in [0.717, 1.165) is 43.5 Å². The van der Waals surface area contributed by atoms with Crippen LogP contribution in [0.3, 0.4) is 0 Å². The average molecular weight is 377 g/mol. The van der Waals surface area contributed by atoms with Gasteiger partial charge < -0.3 is 10.2 Å². The van der Waals surface area contributed by atoms with Crippen molar-refractivity contribution in [2.75, 3.05) is 25.5 Å². The zero-order chi connectivity index (χ0) is 19.5. The van der Waals surface area contributed by atoms with Gasteiger partial charge in [-0.15, -0.1) is 0 Å². The molecule has 6 nitrogen and oxygen atoms in total. The maximum Gasteiger partial charge on any atom is 0.276 e. The molecular weight excluding hydrogens is 350 g/mol. The molecule has 0 spiro atoms. The van der Waals surface area contributed by atoms with Gasteiger partial charge >= 0.3 is 0 Å².